The van der Waals surface area contributed by atoms with Crippen LogP contribution in [0.2, 0.25) is 0 Å². The first-order valence-corrected chi connectivity index (χ1v) is 12.8. The van der Waals surface area contributed by atoms with Crippen molar-refractivity contribution in [3.63, 3.8) is 0 Å². The molecule has 34 heavy (non-hydrogen) atoms. The zero-order chi connectivity index (χ0) is 23.1. The summed E-state index contributed by atoms with van der Waals surface area (Å²) in [6.07, 6.45) is 4.96. The Kier molecular flexibility index (Phi) is 5.74. The highest BCUT2D eigenvalue weighted by atomic mass is 16.6. The minimum Gasteiger partial charge on any atom is -0.486 e. The van der Waals surface area contributed by atoms with Gasteiger partial charge in [-0.3, -0.25) is 4.79 Å². The molecule has 6 rings (SSSR count). The molecule has 3 unspecified atom stereocenters. The highest BCUT2D eigenvalue weighted by molar-refractivity contribution is 5.87. The molecule has 0 radical (unpaired) electrons. The zero-order valence-electron chi connectivity index (χ0n) is 19.6. The zero-order valence-corrected chi connectivity index (χ0v) is 19.6. The fraction of sp³-hybridized carbons (Fsp3) is 0.536. The van der Waals surface area contributed by atoms with Crippen LogP contribution in [0, 0.1) is 17.8 Å². The van der Waals surface area contributed by atoms with Gasteiger partial charge in [-0.1, -0.05) is 49.2 Å². The van der Waals surface area contributed by atoms with Crippen molar-refractivity contribution in [2.24, 2.45) is 17.8 Å². The third kappa shape index (κ3) is 3.97. The smallest absolute Gasteiger partial charge is 0.257 e. The summed E-state index contributed by atoms with van der Waals surface area (Å²) in [7, 11) is 0. The average Bonchev–Trinajstić information content (AvgIpc) is 3.28. The Bertz CT molecular complexity index is 1030. The van der Waals surface area contributed by atoms with E-state index in [1.807, 2.05) is 36.4 Å². The molecular weight excluding hydrogens is 428 g/mol. The van der Waals surface area contributed by atoms with Crippen molar-refractivity contribution in [3.8, 4) is 11.5 Å². The number of benzene rings is 2. The topological polar surface area (TPSA) is 71.0 Å². The number of likely N-dealkylation sites (tertiary alicyclic amines) is 1. The summed E-state index contributed by atoms with van der Waals surface area (Å²) in [5, 5.41) is 15.0. The van der Waals surface area contributed by atoms with Crippen LogP contribution in [0.3, 0.4) is 0 Å². The molecule has 6 heteroatoms. The maximum Gasteiger partial charge on any atom is 0.257 e. The second-order valence-electron chi connectivity index (χ2n) is 10.4. The van der Waals surface area contributed by atoms with Crippen molar-refractivity contribution in [1.82, 2.24) is 10.2 Å². The van der Waals surface area contributed by atoms with Crippen molar-refractivity contribution in [1.29, 1.82) is 0 Å². The lowest BCUT2D eigenvalue weighted by atomic mass is 9.79. The molecule has 180 valence electrons. The molecular formula is C28H34N2O4. The largest absolute Gasteiger partial charge is 0.486 e. The number of nitrogens with zero attached hydrogens (tertiary/aromatic N) is 1. The molecule has 6 nitrogen and oxygen atoms in total. The molecule has 2 N–H and O–H groups in total. The Labute approximate surface area is 201 Å². The molecule has 0 spiro atoms. The summed E-state index contributed by atoms with van der Waals surface area (Å²) in [6, 6.07) is 16.0. The normalized spacial score (nSPS) is 27.7. The fourth-order valence-corrected chi connectivity index (χ4v) is 6.39. The van der Waals surface area contributed by atoms with Crippen LogP contribution in [0.15, 0.2) is 48.5 Å². The molecule has 0 bridgehead atoms. The number of amides is 1. The van der Waals surface area contributed by atoms with E-state index in [0.717, 1.165) is 68.8 Å². The summed E-state index contributed by atoms with van der Waals surface area (Å²) in [6.45, 7) is 4.24. The number of nitrogens with one attached hydrogen (secondary N) is 1. The lowest BCUT2D eigenvalue weighted by molar-refractivity contribution is -0.147. The van der Waals surface area contributed by atoms with Gasteiger partial charge in [-0.2, -0.15) is 0 Å². The van der Waals surface area contributed by atoms with E-state index in [2.05, 4.69) is 22.3 Å². The molecule has 2 aromatic rings. The van der Waals surface area contributed by atoms with Gasteiger partial charge < -0.3 is 24.8 Å². The van der Waals surface area contributed by atoms with Crippen molar-refractivity contribution in [2.75, 3.05) is 32.8 Å². The number of carbonyl (C=O) groups is 1. The molecule has 1 amide bonds. The Morgan fingerprint density at radius 3 is 2.44 bits per heavy atom. The third-order valence-electron chi connectivity index (χ3n) is 8.40. The van der Waals surface area contributed by atoms with Crippen LogP contribution in [0.25, 0.3) is 0 Å². The van der Waals surface area contributed by atoms with E-state index in [1.165, 1.54) is 5.56 Å². The Morgan fingerprint density at radius 2 is 1.71 bits per heavy atom. The Morgan fingerprint density at radius 1 is 1.00 bits per heavy atom. The quantitative estimate of drug-likeness (QED) is 0.662. The number of aliphatic hydroxyl groups is 1. The summed E-state index contributed by atoms with van der Waals surface area (Å²) >= 11 is 0. The molecule has 4 aliphatic rings. The highest BCUT2D eigenvalue weighted by Crippen LogP contribution is 2.47. The van der Waals surface area contributed by atoms with E-state index in [-0.39, 0.29) is 17.9 Å². The number of ether oxygens (including phenoxy) is 2. The van der Waals surface area contributed by atoms with Crippen LogP contribution >= 0.6 is 0 Å². The van der Waals surface area contributed by atoms with Crippen molar-refractivity contribution in [2.45, 2.75) is 43.7 Å². The SMILES string of the molecule is O=C(NC1C2CN(CCc3ccc4c(c3)OCCO4)CC21)C(O)(c1ccccc1)C1CCCC1. The Hall–Kier alpha value is -2.57. The van der Waals surface area contributed by atoms with Gasteiger partial charge in [0.2, 0.25) is 0 Å². The molecule has 2 aliphatic carbocycles. The minimum atomic E-state index is -1.42. The van der Waals surface area contributed by atoms with E-state index >= 15 is 0 Å². The van der Waals surface area contributed by atoms with Gasteiger partial charge in [0.15, 0.2) is 17.1 Å². The third-order valence-corrected chi connectivity index (χ3v) is 8.40. The van der Waals surface area contributed by atoms with E-state index in [1.54, 1.807) is 0 Å². The molecule has 3 atom stereocenters. The van der Waals surface area contributed by atoms with Gasteiger partial charge in [-0.25, -0.2) is 0 Å². The van der Waals surface area contributed by atoms with Crippen LogP contribution in [0.4, 0.5) is 0 Å². The lowest BCUT2D eigenvalue weighted by Gasteiger charge is -2.33. The first kappa shape index (κ1) is 21.9. The molecule has 2 aromatic carbocycles. The van der Waals surface area contributed by atoms with Gasteiger partial charge in [0.25, 0.3) is 5.91 Å². The van der Waals surface area contributed by atoms with Gasteiger partial charge in [0.1, 0.15) is 13.2 Å². The number of fused-ring (bicyclic) bond motifs is 2. The number of carbonyl (C=O) groups excluding carboxylic acids is 1. The monoisotopic (exact) mass is 462 g/mol. The van der Waals surface area contributed by atoms with Crippen molar-refractivity contribution >= 4 is 5.91 Å². The van der Waals surface area contributed by atoms with Gasteiger partial charge in [0, 0.05) is 31.6 Å². The lowest BCUT2D eigenvalue weighted by Crippen LogP contribution is -2.51. The van der Waals surface area contributed by atoms with Gasteiger partial charge >= 0.3 is 0 Å². The maximum absolute atomic E-state index is 13.4. The molecule has 2 aliphatic heterocycles. The summed E-state index contributed by atoms with van der Waals surface area (Å²) < 4.78 is 11.3. The summed E-state index contributed by atoms with van der Waals surface area (Å²) in [4.78, 5) is 15.9. The minimum absolute atomic E-state index is 0.00372. The van der Waals surface area contributed by atoms with Crippen LogP contribution in [0.5, 0.6) is 11.5 Å². The number of piperidine rings is 1. The molecule has 3 fully saturated rings. The van der Waals surface area contributed by atoms with E-state index in [9.17, 15) is 9.90 Å². The van der Waals surface area contributed by atoms with Crippen LogP contribution in [-0.4, -0.2) is 54.8 Å². The van der Waals surface area contributed by atoms with Gasteiger partial charge in [0.05, 0.1) is 0 Å². The molecule has 1 saturated heterocycles. The van der Waals surface area contributed by atoms with E-state index in [4.69, 9.17) is 9.47 Å². The molecule has 2 heterocycles. The second-order valence-corrected chi connectivity index (χ2v) is 10.4. The number of hydrogen-bond donors (Lipinski definition) is 2. The predicted molar refractivity (Wildman–Crippen MR) is 129 cm³/mol. The summed E-state index contributed by atoms with van der Waals surface area (Å²) in [5.74, 6) is 2.47. The van der Waals surface area contributed by atoms with Crippen molar-refractivity contribution in [3.05, 3.63) is 59.7 Å². The number of rotatable bonds is 7. The van der Waals surface area contributed by atoms with Crippen molar-refractivity contribution < 1.29 is 19.4 Å². The highest BCUT2D eigenvalue weighted by Gasteiger charge is 2.58. The van der Waals surface area contributed by atoms with E-state index < -0.39 is 5.60 Å². The Balaban J connectivity index is 1.04. The van der Waals surface area contributed by atoms with Gasteiger partial charge in [-0.05, 0) is 54.4 Å². The average molecular weight is 463 g/mol. The maximum atomic E-state index is 13.4. The number of hydrogen-bond acceptors (Lipinski definition) is 5. The standard InChI is InChI=1S/C28H34N2O4/c31-27(28(32,21-8-4-5-9-21)20-6-2-1-3-7-20)29-26-22-17-30(18-23(22)26)13-12-19-10-11-24-25(16-19)34-15-14-33-24/h1-3,6-7,10-11,16,21-23,26,32H,4-5,8-9,12-15,17-18H2,(H,29,31). The predicted octanol–water partition coefficient (Wildman–Crippen LogP) is 3.12. The fourth-order valence-electron chi connectivity index (χ4n) is 6.39. The van der Waals surface area contributed by atoms with E-state index in [0.29, 0.717) is 25.0 Å². The first-order chi connectivity index (χ1) is 16.6. The first-order valence-electron chi connectivity index (χ1n) is 12.8. The molecule has 2 saturated carbocycles. The summed E-state index contributed by atoms with van der Waals surface area (Å²) in [5.41, 5.74) is 0.567. The second kappa shape index (κ2) is 8.90. The van der Waals surface area contributed by atoms with Gasteiger partial charge in [-0.15, -0.1) is 0 Å². The van der Waals surface area contributed by atoms with Crippen LogP contribution < -0.4 is 14.8 Å². The van der Waals surface area contributed by atoms with Crippen LogP contribution in [0.1, 0.15) is 36.8 Å². The molecule has 0 aromatic heterocycles. The van der Waals surface area contributed by atoms with Crippen LogP contribution in [-0.2, 0) is 16.8 Å².